The van der Waals surface area contributed by atoms with Gasteiger partial charge in [-0.25, -0.2) is 9.37 Å². The number of aromatic nitrogens is 2. The van der Waals surface area contributed by atoms with E-state index < -0.39 is 11.7 Å². The van der Waals surface area contributed by atoms with Crippen molar-refractivity contribution in [2.75, 3.05) is 68.6 Å². The van der Waals surface area contributed by atoms with Crippen LogP contribution in [-0.2, 0) is 4.79 Å². The number of hydrogen-bond acceptors (Lipinski definition) is 10. The Balaban J connectivity index is 1.43. The summed E-state index contributed by atoms with van der Waals surface area (Å²) in [5.74, 6) is -0.212. The van der Waals surface area contributed by atoms with Crippen LogP contribution in [0.25, 0.3) is 0 Å². The number of rotatable bonds is 10. The third kappa shape index (κ3) is 7.14. The molecule has 2 aromatic rings. The Morgan fingerprint density at radius 3 is 2.56 bits per heavy atom. The number of nitrogens with one attached hydrogen (secondary N) is 2. The normalized spacial score (nSPS) is 20.1. The van der Waals surface area contributed by atoms with E-state index in [-0.39, 0.29) is 60.2 Å². The first kappa shape index (κ1) is 32.4. The highest BCUT2D eigenvalue weighted by atomic mass is 19.1. The third-order valence-corrected chi connectivity index (χ3v) is 8.91. The first-order valence-electron chi connectivity index (χ1n) is 15.9. The molecule has 45 heavy (non-hydrogen) atoms. The topological polar surface area (TPSA) is 126 Å². The Bertz CT molecular complexity index is 1390. The maximum atomic E-state index is 15.5. The lowest BCUT2D eigenvalue weighted by Gasteiger charge is -2.46. The average molecular weight is 625 g/mol. The summed E-state index contributed by atoms with van der Waals surface area (Å²) < 4.78 is 21.2. The van der Waals surface area contributed by atoms with Gasteiger partial charge >= 0.3 is 0 Å². The second-order valence-corrected chi connectivity index (χ2v) is 12.0. The number of aliphatic hydroxyl groups excluding tert-OH is 1. The number of anilines is 4. The maximum Gasteiger partial charge on any atom is 0.254 e. The van der Waals surface area contributed by atoms with E-state index >= 15 is 4.39 Å². The van der Waals surface area contributed by atoms with Crippen LogP contribution in [0.3, 0.4) is 0 Å². The first-order valence-corrected chi connectivity index (χ1v) is 15.9. The van der Waals surface area contributed by atoms with Gasteiger partial charge < -0.3 is 40.1 Å². The summed E-state index contributed by atoms with van der Waals surface area (Å²) in [6.07, 6.45) is 9.67. The van der Waals surface area contributed by atoms with Gasteiger partial charge in [-0.3, -0.25) is 9.59 Å². The van der Waals surface area contributed by atoms with Gasteiger partial charge in [0.25, 0.3) is 5.91 Å². The first-order chi connectivity index (χ1) is 21.7. The van der Waals surface area contributed by atoms with Crippen molar-refractivity contribution in [2.24, 2.45) is 0 Å². The fourth-order valence-electron chi connectivity index (χ4n) is 6.42. The van der Waals surface area contributed by atoms with E-state index in [0.717, 1.165) is 51.9 Å². The van der Waals surface area contributed by atoms with E-state index in [1.165, 1.54) is 12.1 Å². The molecule has 0 radical (unpaired) electrons. The molecule has 2 saturated heterocycles. The van der Waals surface area contributed by atoms with E-state index in [9.17, 15) is 14.7 Å². The molecule has 2 fully saturated rings. The standard InChI is InChI=1S/C32H45FN8O4/c1-5-11-40-14-9-22(10-15-40)41-26(6-2)31(44)39(4)27-20-34-32(37-29(27)41)36-25-19-24(33)23(18-28(25)45-17-16-42)30(43)35-21-7-12-38(3)13-8-21/h5,11,18-22,26,42H,6-10,12-17H2,1-4H3,(H,35,43)(H,34,36,37)/t26-/m1/s1. The lowest BCUT2D eigenvalue weighted by atomic mass is 9.97. The average Bonchev–Trinajstić information content (AvgIpc) is 3.04. The van der Waals surface area contributed by atoms with E-state index in [1.807, 2.05) is 27.0 Å². The minimum atomic E-state index is -0.719. The zero-order valence-electron chi connectivity index (χ0n) is 26.6. The Morgan fingerprint density at radius 1 is 1.16 bits per heavy atom. The number of likely N-dealkylation sites (tertiary alicyclic amines) is 2. The number of halogens is 1. The lowest BCUT2D eigenvalue weighted by molar-refractivity contribution is -0.120. The number of fused-ring (bicyclic) bond motifs is 1. The number of carbonyl (C=O) groups is 2. The van der Waals surface area contributed by atoms with Gasteiger partial charge in [-0.05, 0) is 71.4 Å². The van der Waals surface area contributed by atoms with Gasteiger partial charge in [0.05, 0.1) is 24.1 Å². The number of likely N-dealkylation sites (N-methyl/N-ethyl adjacent to an activating group) is 1. The molecule has 13 heteroatoms. The molecule has 3 aliphatic heterocycles. The Labute approximate surface area is 264 Å². The molecular weight excluding hydrogens is 579 g/mol. The maximum absolute atomic E-state index is 15.5. The Kier molecular flexibility index (Phi) is 10.4. The van der Waals surface area contributed by atoms with Crippen LogP contribution in [0.4, 0.5) is 27.5 Å². The van der Waals surface area contributed by atoms with E-state index in [4.69, 9.17) is 9.72 Å². The summed E-state index contributed by atoms with van der Waals surface area (Å²) in [6.45, 7) is 7.16. The quantitative estimate of drug-likeness (QED) is 0.363. The molecular formula is C32H45FN8O4. The number of aliphatic hydroxyl groups is 1. The number of allylic oxidation sites excluding steroid dienone is 1. The fraction of sp³-hybridized carbons (Fsp3) is 0.562. The smallest absolute Gasteiger partial charge is 0.254 e. The molecule has 3 aliphatic rings. The molecule has 1 aromatic heterocycles. The summed E-state index contributed by atoms with van der Waals surface area (Å²) in [5.41, 5.74) is 0.686. The summed E-state index contributed by atoms with van der Waals surface area (Å²) >= 11 is 0. The molecule has 0 bridgehead atoms. The minimum absolute atomic E-state index is 0.000987. The fourth-order valence-corrected chi connectivity index (χ4v) is 6.42. The number of piperidine rings is 2. The predicted molar refractivity (Wildman–Crippen MR) is 172 cm³/mol. The summed E-state index contributed by atoms with van der Waals surface area (Å²) in [7, 11) is 3.77. The largest absolute Gasteiger partial charge is 0.489 e. The van der Waals surface area contributed by atoms with Crippen molar-refractivity contribution < 1.29 is 23.8 Å². The number of carbonyl (C=O) groups excluding carboxylic acids is 2. The van der Waals surface area contributed by atoms with Crippen LogP contribution in [0.5, 0.6) is 5.75 Å². The van der Waals surface area contributed by atoms with Crippen LogP contribution >= 0.6 is 0 Å². The number of amides is 2. The van der Waals surface area contributed by atoms with Gasteiger partial charge in [0.2, 0.25) is 11.9 Å². The van der Waals surface area contributed by atoms with Crippen molar-refractivity contribution in [1.82, 2.24) is 25.1 Å². The highest BCUT2D eigenvalue weighted by Gasteiger charge is 2.41. The van der Waals surface area contributed by atoms with Crippen LogP contribution in [0.1, 0.15) is 56.3 Å². The van der Waals surface area contributed by atoms with Crippen molar-refractivity contribution in [3.05, 3.63) is 42.0 Å². The van der Waals surface area contributed by atoms with E-state index in [2.05, 4.69) is 36.5 Å². The molecule has 12 nitrogen and oxygen atoms in total. The number of benzene rings is 1. The van der Waals surface area contributed by atoms with E-state index in [0.29, 0.717) is 17.9 Å². The summed E-state index contributed by atoms with van der Waals surface area (Å²) in [6, 6.07) is 2.25. The molecule has 4 heterocycles. The number of ether oxygens (including phenoxy) is 1. The van der Waals surface area contributed by atoms with Gasteiger partial charge in [0.15, 0.2) is 5.82 Å². The molecule has 2 amide bonds. The van der Waals surface area contributed by atoms with Crippen molar-refractivity contribution in [1.29, 1.82) is 0 Å². The van der Waals surface area contributed by atoms with Crippen molar-refractivity contribution >= 4 is 35.0 Å². The number of nitrogens with zero attached hydrogens (tertiary/aromatic N) is 6. The van der Waals surface area contributed by atoms with Crippen molar-refractivity contribution in [2.45, 2.75) is 64.1 Å². The van der Waals surface area contributed by atoms with Crippen LogP contribution in [0.2, 0.25) is 0 Å². The molecule has 0 aliphatic carbocycles. The molecule has 0 unspecified atom stereocenters. The monoisotopic (exact) mass is 624 g/mol. The Morgan fingerprint density at radius 2 is 1.89 bits per heavy atom. The highest BCUT2D eigenvalue weighted by Crippen LogP contribution is 2.39. The van der Waals surface area contributed by atoms with Crippen LogP contribution in [-0.4, -0.2) is 108 Å². The molecule has 3 N–H and O–H groups in total. The van der Waals surface area contributed by atoms with Crippen LogP contribution in [0, 0.1) is 5.82 Å². The minimum Gasteiger partial charge on any atom is -0.489 e. The molecule has 244 valence electrons. The molecule has 1 atom stereocenters. The van der Waals surface area contributed by atoms with Crippen LogP contribution < -0.4 is 25.2 Å². The van der Waals surface area contributed by atoms with Crippen molar-refractivity contribution in [3.63, 3.8) is 0 Å². The summed E-state index contributed by atoms with van der Waals surface area (Å²) in [4.78, 5) is 44.0. The molecule has 5 rings (SSSR count). The zero-order chi connectivity index (χ0) is 32.1. The van der Waals surface area contributed by atoms with Gasteiger partial charge in [-0.2, -0.15) is 4.98 Å². The summed E-state index contributed by atoms with van der Waals surface area (Å²) in [5, 5.41) is 15.5. The second kappa shape index (κ2) is 14.4. The SMILES string of the molecule is CC=CN1CCC(N2c3nc(Nc4cc(F)c(C(=O)NC5CCN(C)CC5)cc4OCCO)ncc3N(C)C(=O)[C@H]2CC)CC1. The van der Waals surface area contributed by atoms with Gasteiger partial charge in [0.1, 0.15) is 29.9 Å². The number of hydrogen-bond donors (Lipinski definition) is 3. The lowest BCUT2D eigenvalue weighted by Crippen LogP contribution is -2.58. The molecule has 0 saturated carbocycles. The zero-order valence-corrected chi connectivity index (χ0v) is 26.6. The van der Waals surface area contributed by atoms with Gasteiger partial charge in [-0.15, -0.1) is 0 Å². The van der Waals surface area contributed by atoms with Crippen LogP contribution in [0.15, 0.2) is 30.6 Å². The van der Waals surface area contributed by atoms with E-state index in [1.54, 1.807) is 18.1 Å². The second-order valence-electron chi connectivity index (χ2n) is 12.0. The van der Waals surface area contributed by atoms with Gasteiger partial charge in [-0.1, -0.05) is 13.0 Å². The molecule has 1 aromatic carbocycles. The van der Waals surface area contributed by atoms with Crippen molar-refractivity contribution in [3.8, 4) is 5.75 Å². The van der Waals surface area contributed by atoms with Gasteiger partial charge in [0, 0.05) is 38.3 Å². The predicted octanol–water partition coefficient (Wildman–Crippen LogP) is 3.11. The molecule has 0 spiro atoms. The highest BCUT2D eigenvalue weighted by molar-refractivity contribution is 6.04. The Hall–Kier alpha value is -3.97. The third-order valence-electron chi connectivity index (χ3n) is 8.91.